The normalized spacial score (nSPS) is 9.71. The summed E-state index contributed by atoms with van der Waals surface area (Å²) in [6.07, 6.45) is 0. The van der Waals surface area contributed by atoms with E-state index < -0.39 is 0 Å². The molecule has 1 rings (SSSR count). The van der Waals surface area contributed by atoms with E-state index in [2.05, 4.69) is 15.9 Å². The first kappa shape index (κ1) is 11.4. The van der Waals surface area contributed by atoms with Crippen molar-refractivity contribution in [3.63, 3.8) is 0 Å². The maximum Gasteiger partial charge on any atom is 0.264 e. The van der Waals surface area contributed by atoms with E-state index in [1.54, 1.807) is 19.0 Å². The van der Waals surface area contributed by atoms with Gasteiger partial charge >= 0.3 is 0 Å². The number of hydrogen-bond acceptors (Lipinski definition) is 2. The van der Waals surface area contributed by atoms with E-state index in [4.69, 9.17) is 17.0 Å². The molecule has 0 amide bonds. The van der Waals surface area contributed by atoms with Crippen molar-refractivity contribution >= 4 is 33.3 Å². The van der Waals surface area contributed by atoms with Gasteiger partial charge in [0.15, 0.2) is 0 Å². The van der Waals surface area contributed by atoms with E-state index in [9.17, 15) is 4.39 Å². The average molecular weight is 278 g/mol. The smallest absolute Gasteiger partial charge is 0.264 e. The lowest BCUT2D eigenvalue weighted by molar-refractivity contribution is 0.448. The standard InChI is InChI=1S/C9H9BrFNOS/c1-12(2)9(14)13-6-3-4-8(11)7(10)5-6/h3-5H,1-2H3. The zero-order valence-electron chi connectivity index (χ0n) is 7.75. The van der Waals surface area contributed by atoms with Crippen molar-refractivity contribution < 1.29 is 9.13 Å². The van der Waals surface area contributed by atoms with Crippen LogP contribution >= 0.6 is 28.1 Å². The van der Waals surface area contributed by atoms with Crippen LogP contribution in [0, 0.1) is 5.82 Å². The van der Waals surface area contributed by atoms with Gasteiger partial charge in [0.2, 0.25) is 0 Å². The third-order valence-corrected chi connectivity index (χ3v) is 2.52. The van der Waals surface area contributed by atoms with Gasteiger partial charge in [0.05, 0.1) is 4.47 Å². The highest BCUT2D eigenvalue weighted by atomic mass is 79.9. The number of halogens is 2. The van der Waals surface area contributed by atoms with E-state index in [1.807, 2.05) is 0 Å². The maximum atomic E-state index is 12.8. The van der Waals surface area contributed by atoms with Gasteiger partial charge in [-0.15, -0.1) is 0 Å². The van der Waals surface area contributed by atoms with Crippen LogP contribution in [0.4, 0.5) is 4.39 Å². The van der Waals surface area contributed by atoms with Crippen LogP contribution in [0.1, 0.15) is 0 Å². The predicted octanol–water partition coefficient (Wildman–Crippen LogP) is 2.81. The summed E-state index contributed by atoms with van der Waals surface area (Å²) >= 11 is 7.99. The Balaban J connectivity index is 2.78. The van der Waals surface area contributed by atoms with E-state index in [0.29, 0.717) is 15.4 Å². The Bertz CT molecular complexity index is 357. The van der Waals surface area contributed by atoms with Gasteiger partial charge in [0.25, 0.3) is 5.17 Å². The summed E-state index contributed by atoms with van der Waals surface area (Å²) in [5.41, 5.74) is 0. The van der Waals surface area contributed by atoms with Gasteiger partial charge in [-0.2, -0.15) is 0 Å². The van der Waals surface area contributed by atoms with E-state index in [-0.39, 0.29) is 5.82 Å². The molecule has 0 atom stereocenters. The summed E-state index contributed by atoms with van der Waals surface area (Å²) < 4.78 is 18.5. The van der Waals surface area contributed by atoms with Crippen LogP contribution in [-0.4, -0.2) is 24.2 Å². The lowest BCUT2D eigenvalue weighted by Crippen LogP contribution is -2.24. The number of benzene rings is 1. The molecule has 0 heterocycles. The molecule has 0 radical (unpaired) electrons. The number of ether oxygens (including phenoxy) is 1. The van der Waals surface area contributed by atoms with Crippen molar-refractivity contribution in [2.45, 2.75) is 0 Å². The summed E-state index contributed by atoms with van der Waals surface area (Å²) in [5, 5.41) is 0.337. The first-order valence-electron chi connectivity index (χ1n) is 3.85. The minimum absolute atomic E-state index is 0.326. The Hall–Kier alpha value is -0.680. The molecule has 0 spiro atoms. The highest BCUT2D eigenvalue weighted by Crippen LogP contribution is 2.21. The molecule has 0 aliphatic carbocycles. The summed E-state index contributed by atoms with van der Waals surface area (Å²) in [6, 6.07) is 4.37. The number of rotatable bonds is 1. The molecule has 14 heavy (non-hydrogen) atoms. The molecule has 0 fully saturated rings. The van der Waals surface area contributed by atoms with Gasteiger partial charge in [-0.3, -0.25) is 0 Å². The molecule has 2 nitrogen and oxygen atoms in total. The van der Waals surface area contributed by atoms with Crippen LogP contribution in [0.5, 0.6) is 5.75 Å². The van der Waals surface area contributed by atoms with Crippen molar-refractivity contribution in [1.82, 2.24) is 4.90 Å². The van der Waals surface area contributed by atoms with E-state index >= 15 is 0 Å². The van der Waals surface area contributed by atoms with Gasteiger partial charge in [-0.1, -0.05) is 0 Å². The maximum absolute atomic E-state index is 12.8. The van der Waals surface area contributed by atoms with Crippen molar-refractivity contribution in [3.8, 4) is 5.75 Å². The molecule has 0 aliphatic heterocycles. The Morgan fingerprint density at radius 1 is 1.50 bits per heavy atom. The Morgan fingerprint density at radius 3 is 2.64 bits per heavy atom. The monoisotopic (exact) mass is 277 g/mol. The van der Waals surface area contributed by atoms with Crippen LogP contribution in [0.25, 0.3) is 0 Å². The summed E-state index contributed by atoms with van der Waals surface area (Å²) in [6.45, 7) is 0. The zero-order chi connectivity index (χ0) is 10.7. The molecule has 0 unspecified atom stereocenters. The minimum Gasteiger partial charge on any atom is -0.432 e. The van der Waals surface area contributed by atoms with Crippen molar-refractivity contribution in [3.05, 3.63) is 28.5 Å². The second kappa shape index (κ2) is 4.70. The van der Waals surface area contributed by atoms with Gasteiger partial charge < -0.3 is 9.64 Å². The summed E-state index contributed by atoms with van der Waals surface area (Å²) in [7, 11) is 3.56. The van der Waals surface area contributed by atoms with Gasteiger partial charge in [-0.25, -0.2) is 4.39 Å². The van der Waals surface area contributed by atoms with Crippen molar-refractivity contribution in [1.29, 1.82) is 0 Å². The Labute approximate surface area is 95.8 Å². The van der Waals surface area contributed by atoms with Crippen LogP contribution in [0.3, 0.4) is 0 Å². The van der Waals surface area contributed by atoms with E-state index in [1.165, 1.54) is 18.2 Å². The first-order chi connectivity index (χ1) is 6.50. The molecule has 1 aromatic rings. The quantitative estimate of drug-likeness (QED) is 0.733. The minimum atomic E-state index is -0.326. The molecule has 0 saturated carbocycles. The highest BCUT2D eigenvalue weighted by molar-refractivity contribution is 9.10. The van der Waals surface area contributed by atoms with Crippen LogP contribution in [0.2, 0.25) is 0 Å². The molecule has 0 saturated heterocycles. The first-order valence-corrected chi connectivity index (χ1v) is 5.05. The zero-order valence-corrected chi connectivity index (χ0v) is 10.2. The number of nitrogens with zero attached hydrogens (tertiary/aromatic N) is 1. The molecule has 5 heteroatoms. The molecule has 1 aromatic carbocycles. The average Bonchev–Trinajstić information content (AvgIpc) is 2.11. The van der Waals surface area contributed by atoms with Crippen molar-refractivity contribution in [2.24, 2.45) is 0 Å². The highest BCUT2D eigenvalue weighted by Gasteiger charge is 2.05. The van der Waals surface area contributed by atoms with Crippen molar-refractivity contribution in [2.75, 3.05) is 14.1 Å². The molecule has 76 valence electrons. The summed E-state index contributed by atoms with van der Waals surface area (Å²) in [4.78, 5) is 1.66. The van der Waals surface area contributed by atoms with Gasteiger partial charge in [-0.05, 0) is 46.3 Å². The third-order valence-electron chi connectivity index (χ3n) is 1.46. The van der Waals surface area contributed by atoms with Crippen LogP contribution in [-0.2, 0) is 0 Å². The SMILES string of the molecule is CN(C)C(=S)Oc1ccc(F)c(Br)c1. The molecule has 0 bridgehead atoms. The fourth-order valence-corrected chi connectivity index (χ4v) is 1.19. The number of hydrogen-bond donors (Lipinski definition) is 0. The molecular weight excluding hydrogens is 269 g/mol. The molecule has 0 aliphatic rings. The topological polar surface area (TPSA) is 12.5 Å². The fourth-order valence-electron chi connectivity index (χ4n) is 0.732. The number of thiocarbonyl (C=S) groups is 1. The molecule has 0 N–H and O–H groups in total. The lowest BCUT2D eigenvalue weighted by Gasteiger charge is -2.14. The van der Waals surface area contributed by atoms with Crippen LogP contribution in [0.15, 0.2) is 22.7 Å². The second-order valence-electron chi connectivity index (χ2n) is 2.84. The lowest BCUT2D eigenvalue weighted by atomic mass is 10.3. The fraction of sp³-hybridized carbons (Fsp3) is 0.222. The summed E-state index contributed by atoms with van der Waals surface area (Å²) in [5.74, 6) is 0.185. The molecular formula is C9H9BrFNOS. The predicted molar refractivity (Wildman–Crippen MR) is 61.0 cm³/mol. The van der Waals surface area contributed by atoms with Gasteiger partial charge in [0, 0.05) is 14.1 Å². The molecule has 0 aromatic heterocycles. The second-order valence-corrected chi connectivity index (χ2v) is 4.04. The van der Waals surface area contributed by atoms with Gasteiger partial charge in [0.1, 0.15) is 11.6 Å². The third kappa shape index (κ3) is 2.92. The largest absolute Gasteiger partial charge is 0.432 e. The Kier molecular flexibility index (Phi) is 3.83. The van der Waals surface area contributed by atoms with Crippen LogP contribution < -0.4 is 4.74 Å². The van der Waals surface area contributed by atoms with E-state index in [0.717, 1.165) is 0 Å². The Morgan fingerprint density at radius 2 is 2.14 bits per heavy atom.